The molecule has 3 aromatic rings. The summed E-state index contributed by atoms with van der Waals surface area (Å²) >= 11 is 6.13. The maximum atomic E-state index is 14.2. The number of halogens is 2. The number of rotatable bonds is 5. The maximum Gasteiger partial charge on any atom is 0.272 e. The molecule has 1 aliphatic rings. The smallest absolute Gasteiger partial charge is 0.272 e. The minimum Gasteiger partial charge on any atom is -0.335 e. The van der Waals surface area contributed by atoms with Crippen molar-refractivity contribution in [3.8, 4) is 0 Å². The zero-order chi connectivity index (χ0) is 19.0. The van der Waals surface area contributed by atoms with Crippen molar-refractivity contribution in [1.29, 1.82) is 0 Å². The van der Waals surface area contributed by atoms with Gasteiger partial charge >= 0.3 is 0 Å². The molecule has 5 nitrogen and oxygen atoms in total. The van der Waals surface area contributed by atoms with Crippen LogP contribution in [0.4, 0.5) is 4.39 Å². The Hall–Kier alpha value is -2.73. The van der Waals surface area contributed by atoms with E-state index in [9.17, 15) is 14.0 Å². The van der Waals surface area contributed by atoms with Crippen LogP contribution in [0, 0.1) is 5.82 Å². The molecule has 1 fully saturated rings. The van der Waals surface area contributed by atoms with E-state index in [-0.39, 0.29) is 30.5 Å². The first kappa shape index (κ1) is 17.7. The van der Waals surface area contributed by atoms with Crippen molar-refractivity contribution in [3.05, 3.63) is 74.9 Å². The highest BCUT2D eigenvalue weighted by molar-refractivity contribution is 6.31. The standard InChI is InChI=1S/C20H17ClFN3O2/c21-16-6-3-7-17(22)15(16)11-25(12-8-9-12)19(26)10-18-13-4-1-2-5-14(13)20(27)24-23-18/h1-7,12H,8-11H2,(H,24,27). The normalized spacial score (nSPS) is 13.7. The number of H-pyrrole nitrogens is 1. The number of nitrogens with zero attached hydrogens (tertiary/aromatic N) is 2. The summed E-state index contributed by atoms with van der Waals surface area (Å²) in [4.78, 5) is 26.6. The van der Waals surface area contributed by atoms with E-state index in [1.165, 1.54) is 6.07 Å². The van der Waals surface area contributed by atoms with Crippen LogP contribution in [0.15, 0.2) is 47.3 Å². The van der Waals surface area contributed by atoms with Crippen LogP contribution in [0.2, 0.25) is 5.02 Å². The summed E-state index contributed by atoms with van der Waals surface area (Å²) in [6.07, 6.45) is 1.80. The first-order valence-corrected chi connectivity index (χ1v) is 9.11. The van der Waals surface area contributed by atoms with Crippen LogP contribution in [0.3, 0.4) is 0 Å². The van der Waals surface area contributed by atoms with E-state index in [1.54, 1.807) is 41.3 Å². The van der Waals surface area contributed by atoms with Gasteiger partial charge in [-0.2, -0.15) is 5.10 Å². The molecule has 1 aromatic heterocycles. The van der Waals surface area contributed by atoms with Crippen molar-refractivity contribution in [3.63, 3.8) is 0 Å². The SMILES string of the molecule is O=C(Cc1n[nH]c(=O)c2ccccc12)N(Cc1c(F)cccc1Cl)C1CC1. The quantitative estimate of drug-likeness (QED) is 0.731. The molecular formula is C20H17ClFN3O2. The molecule has 138 valence electrons. The number of fused-ring (bicyclic) bond motifs is 1. The lowest BCUT2D eigenvalue weighted by Gasteiger charge is -2.23. The third kappa shape index (κ3) is 3.57. The fraction of sp³-hybridized carbons (Fsp3) is 0.250. The molecule has 2 aromatic carbocycles. The number of hydrogen-bond acceptors (Lipinski definition) is 3. The highest BCUT2D eigenvalue weighted by Gasteiger charge is 2.33. The molecule has 0 bridgehead atoms. The van der Waals surface area contributed by atoms with Crippen molar-refractivity contribution in [2.75, 3.05) is 0 Å². The van der Waals surface area contributed by atoms with Crippen molar-refractivity contribution in [2.24, 2.45) is 0 Å². The number of nitrogens with one attached hydrogen (secondary N) is 1. The molecule has 0 aliphatic heterocycles. The third-order valence-electron chi connectivity index (χ3n) is 4.79. The molecule has 27 heavy (non-hydrogen) atoms. The van der Waals surface area contributed by atoms with Crippen LogP contribution in [-0.2, 0) is 17.8 Å². The number of carbonyl (C=O) groups is 1. The van der Waals surface area contributed by atoms with Gasteiger partial charge < -0.3 is 4.90 Å². The van der Waals surface area contributed by atoms with Crippen LogP contribution < -0.4 is 5.56 Å². The molecule has 0 radical (unpaired) electrons. The Morgan fingerprint density at radius 3 is 2.63 bits per heavy atom. The van der Waals surface area contributed by atoms with Gasteiger partial charge in [0.05, 0.1) is 24.0 Å². The highest BCUT2D eigenvalue weighted by atomic mass is 35.5. The number of carbonyl (C=O) groups excluding carboxylic acids is 1. The molecule has 0 unspecified atom stereocenters. The average molecular weight is 386 g/mol. The molecule has 0 spiro atoms. The van der Waals surface area contributed by atoms with Crippen LogP contribution in [0.25, 0.3) is 10.8 Å². The molecule has 1 amide bonds. The molecule has 1 heterocycles. The number of hydrogen-bond donors (Lipinski definition) is 1. The number of aromatic amines is 1. The van der Waals surface area contributed by atoms with Crippen molar-refractivity contribution < 1.29 is 9.18 Å². The summed E-state index contributed by atoms with van der Waals surface area (Å²) in [6.45, 7) is 0.121. The first-order valence-electron chi connectivity index (χ1n) is 8.73. The summed E-state index contributed by atoms with van der Waals surface area (Å²) in [5, 5.41) is 7.95. The first-order chi connectivity index (χ1) is 13.0. The van der Waals surface area contributed by atoms with Gasteiger partial charge in [0.15, 0.2) is 0 Å². The molecule has 7 heteroatoms. The zero-order valence-corrected chi connectivity index (χ0v) is 15.2. The van der Waals surface area contributed by atoms with Crippen molar-refractivity contribution in [1.82, 2.24) is 15.1 Å². The molecule has 0 saturated heterocycles. The van der Waals surface area contributed by atoms with Crippen LogP contribution in [0.5, 0.6) is 0 Å². The molecule has 0 atom stereocenters. The van der Waals surface area contributed by atoms with E-state index in [2.05, 4.69) is 10.2 Å². The summed E-state index contributed by atoms with van der Waals surface area (Å²) < 4.78 is 14.2. The largest absolute Gasteiger partial charge is 0.335 e. The fourth-order valence-corrected chi connectivity index (χ4v) is 3.43. The predicted molar refractivity (Wildman–Crippen MR) is 101 cm³/mol. The van der Waals surface area contributed by atoms with E-state index in [0.29, 0.717) is 27.1 Å². The van der Waals surface area contributed by atoms with Gasteiger partial charge in [0.1, 0.15) is 5.82 Å². The van der Waals surface area contributed by atoms with Crippen molar-refractivity contribution in [2.45, 2.75) is 31.8 Å². The molecule has 1 saturated carbocycles. The van der Waals surface area contributed by atoms with Gasteiger partial charge in [-0.05, 0) is 31.0 Å². The lowest BCUT2D eigenvalue weighted by atomic mass is 10.1. The second-order valence-electron chi connectivity index (χ2n) is 6.67. The summed E-state index contributed by atoms with van der Waals surface area (Å²) in [5.74, 6) is -0.588. The predicted octanol–water partition coefficient (Wildman–Crippen LogP) is 3.45. The molecule has 1 N–H and O–H groups in total. The Balaban J connectivity index is 1.63. The molecule has 4 rings (SSSR count). The Labute approximate surface area is 159 Å². The number of aromatic nitrogens is 2. The van der Waals surface area contributed by atoms with Gasteiger partial charge in [-0.3, -0.25) is 9.59 Å². The fourth-order valence-electron chi connectivity index (χ4n) is 3.21. The summed E-state index contributed by atoms with van der Waals surface area (Å²) in [5.41, 5.74) is 0.526. The summed E-state index contributed by atoms with van der Waals surface area (Å²) in [7, 11) is 0. The number of amides is 1. The van der Waals surface area contributed by atoms with E-state index < -0.39 is 5.82 Å². The zero-order valence-electron chi connectivity index (χ0n) is 14.4. The van der Waals surface area contributed by atoms with Crippen LogP contribution >= 0.6 is 11.6 Å². The van der Waals surface area contributed by atoms with Gasteiger partial charge in [-0.15, -0.1) is 0 Å². The Morgan fingerprint density at radius 2 is 1.93 bits per heavy atom. The second kappa shape index (κ2) is 7.12. The monoisotopic (exact) mass is 385 g/mol. The number of benzene rings is 2. The Kier molecular flexibility index (Phi) is 4.66. The topological polar surface area (TPSA) is 66.1 Å². The van der Waals surface area contributed by atoms with Crippen molar-refractivity contribution >= 4 is 28.3 Å². The van der Waals surface area contributed by atoms with E-state index in [4.69, 9.17) is 11.6 Å². The lowest BCUT2D eigenvalue weighted by molar-refractivity contribution is -0.131. The van der Waals surface area contributed by atoms with Gasteiger partial charge in [-0.25, -0.2) is 9.49 Å². The van der Waals surface area contributed by atoms with Gasteiger partial charge in [0.25, 0.3) is 5.56 Å². The van der Waals surface area contributed by atoms with Gasteiger partial charge in [-0.1, -0.05) is 35.9 Å². The maximum absolute atomic E-state index is 14.2. The van der Waals surface area contributed by atoms with Crippen LogP contribution in [0.1, 0.15) is 24.1 Å². The highest BCUT2D eigenvalue weighted by Crippen LogP contribution is 2.31. The Morgan fingerprint density at radius 1 is 1.19 bits per heavy atom. The summed E-state index contributed by atoms with van der Waals surface area (Å²) in [6, 6.07) is 11.6. The van der Waals surface area contributed by atoms with Crippen LogP contribution in [-0.4, -0.2) is 27.0 Å². The second-order valence-corrected chi connectivity index (χ2v) is 7.08. The van der Waals surface area contributed by atoms with E-state index in [0.717, 1.165) is 12.8 Å². The van der Waals surface area contributed by atoms with Gasteiger partial charge in [0.2, 0.25) is 5.91 Å². The average Bonchev–Trinajstić information content (AvgIpc) is 3.49. The van der Waals surface area contributed by atoms with E-state index >= 15 is 0 Å². The minimum absolute atomic E-state index is 0.0276. The van der Waals surface area contributed by atoms with E-state index in [1.807, 2.05) is 0 Å². The third-order valence-corrected chi connectivity index (χ3v) is 5.15. The molecular weight excluding hydrogens is 369 g/mol. The lowest BCUT2D eigenvalue weighted by Crippen LogP contribution is -2.34. The van der Waals surface area contributed by atoms with Gasteiger partial charge in [0, 0.05) is 22.0 Å². The Bertz CT molecular complexity index is 1060. The minimum atomic E-state index is -0.423. The molecule has 1 aliphatic carbocycles.